The van der Waals surface area contributed by atoms with Crippen LogP contribution in [0.25, 0.3) is 6.08 Å². The van der Waals surface area contributed by atoms with Crippen LogP contribution in [0.3, 0.4) is 0 Å². The Morgan fingerprint density at radius 1 is 1.17 bits per heavy atom. The summed E-state index contributed by atoms with van der Waals surface area (Å²) in [5, 5.41) is 13.8. The minimum Gasteiger partial charge on any atom is -0.507 e. The summed E-state index contributed by atoms with van der Waals surface area (Å²) in [6, 6.07) is 10.8. The smallest absolute Gasteiger partial charge is 0.264 e. The monoisotopic (exact) mass is 358 g/mol. The van der Waals surface area contributed by atoms with Gasteiger partial charge in [0.15, 0.2) is 5.17 Å². The zero-order valence-electron chi connectivity index (χ0n) is 13.1. The van der Waals surface area contributed by atoms with Crippen molar-refractivity contribution < 1.29 is 9.90 Å². The highest BCUT2D eigenvalue weighted by Gasteiger charge is 2.23. The minimum atomic E-state index is -0.184. The SMILES string of the molecule is Cc1cc(C=C2SC(=Nc3ccc(Cl)cc3)NC2=O)cc(C)c1O. The van der Waals surface area contributed by atoms with Gasteiger partial charge in [-0.3, -0.25) is 4.79 Å². The molecule has 0 aromatic heterocycles. The summed E-state index contributed by atoms with van der Waals surface area (Å²) < 4.78 is 0. The molecule has 0 unspecified atom stereocenters. The maximum atomic E-state index is 12.1. The average Bonchev–Trinajstić information content (AvgIpc) is 2.87. The lowest BCUT2D eigenvalue weighted by Crippen LogP contribution is -2.19. The number of amidine groups is 1. The van der Waals surface area contributed by atoms with Gasteiger partial charge in [0.25, 0.3) is 5.91 Å². The van der Waals surface area contributed by atoms with E-state index in [1.807, 2.05) is 26.0 Å². The van der Waals surface area contributed by atoms with Crippen LogP contribution in [-0.4, -0.2) is 16.2 Å². The largest absolute Gasteiger partial charge is 0.507 e. The lowest BCUT2D eigenvalue weighted by Gasteiger charge is -2.05. The highest BCUT2D eigenvalue weighted by molar-refractivity contribution is 8.18. The number of hydrogen-bond donors (Lipinski definition) is 2. The number of rotatable bonds is 2. The number of nitrogens with zero attached hydrogens (tertiary/aromatic N) is 1. The molecule has 2 aromatic carbocycles. The van der Waals surface area contributed by atoms with E-state index in [-0.39, 0.29) is 11.7 Å². The lowest BCUT2D eigenvalue weighted by atomic mass is 10.1. The van der Waals surface area contributed by atoms with E-state index in [9.17, 15) is 9.90 Å². The van der Waals surface area contributed by atoms with Gasteiger partial charge in [-0.15, -0.1) is 0 Å². The van der Waals surface area contributed by atoms with Crippen LogP contribution in [0.15, 0.2) is 46.3 Å². The van der Waals surface area contributed by atoms with E-state index in [2.05, 4.69) is 10.3 Å². The number of halogens is 1. The first-order valence-corrected chi connectivity index (χ1v) is 8.47. The third-order valence-electron chi connectivity index (χ3n) is 3.52. The zero-order valence-corrected chi connectivity index (χ0v) is 14.7. The standard InChI is InChI=1S/C18H15ClN2O2S/c1-10-7-12(8-11(2)16(10)22)9-15-17(23)21-18(24-15)20-14-5-3-13(19)4-6-14/h3-9,22H,1-2H3,(H,20,21,23). The van der Waals surface area contributed by atoms with Crippen LogP contribution in [0.5, 0.6) is 5.75 Å². The molecule has 1 aliphatic heterocycles. The number of hydrogen-bond acceptors (Lipinski definition) is 4. The van der Waals surface area contributed by atoms with E-state index >= 15 is 0 Å². The Labute approximate surface area is 149 Å². The van der Waals surface area contributed by atoms with E-state index < -0.39 is 0 Å². The van der Waals surface area contributed by atoms with Gasteiger partial charge in [-0.2, -0.15) is 0 Å². The second kappa shape index (κ2) is 6.71. The van der Waals surface area contributed by atoms with Crippen LogP contribution < -0.4 is 5.32 Å². The number of aromatic hydroxyl groups is 1. The van der Waals surface area contributed by atoms with Crippen LogP contribution in [0.4, 0.5) is 5.69 Å². The number of benzene rings is 2. The average molecular weight is 359 g/mol. The van der Waals surface area contributed by atoms with Gasteiger partial charge in [-0.25, -0.2) is 4.99 Å². The Kier molecular flexibility index (Phi) is 4.64. The fraction of sp³-hybridized carbons (Fsp3) is 0.111. The molecule has 2 N–H and O–H groups in total. The summed E-state index contributed by atoms with van der Waals surface area (Å²) in [6.45, 7) is 3.67. The molecule has 4 nitrogen and oxygen atoms in total. The number of thioether (sulfide) groups is 1. The first kappa shape index (κ1) is 16.6. The third-order valence-corrected chi connectivity index (χ3v) is 4.68. The molecular weight excluding hydrogens is 344 g/mol. The van der Waals surface area contributed by atoms with Gasteiger partial charge in [0.05, 0.1) is 10.6 Å². The highest BCUT2D eigenvalue weighted by atomic mass is 35.5. The Morgan fingerprint density at radius 2 is 1.79 bits per heavy atom. The Morgan fingerprint density at radius 3 is 2.42 bits per heavy atom. The molecule has 1 heterocycles. The number of nitrogens with one attached hydrogen (secondary N) is 1. The van der Waals surface area contributed by atoms with Gasteiger partial charge >= 0.3 is 0 Å². The first-order chi connectivity index (χ1) is 11.4. The number of carbonyl (C=O) groups is 1. The number of aryl methyl sites for hydroxylation is 2. The predicted molar refractivity (Wildman–Crippen MR) is 99.8 cm³/mol. The van der Waals surface area contributed by atoms with Crippen LogP contribution in [-0.2, 0) is 4.79 Å². The molecule has 122 valence electrons. The van der Waals surface area contributed by atoms with Gasteiger partial charge < -0.3 is 10.4 Å². The number of phenols is 1. The van der Waals surface area contributed by atoms with Crippen molar-refractivity contribution in [2.75, 3.05) is 0 Å². The van der Waals surface area contributed by atoms with Crippen molar-refractivity contribution >= 4 is 46.2 Å². The van der Waals surface area contributed by atoms with E-state index in [0.29, 0.717) is 15.1 Å². The molecule has 1 saturated heterocycles. The second-order valence-corrected chi connectivity index (χ2v) is 6.93. The molecule has 1 fully saturated rings. The molecule has 1 amide bonds. The quantitative estimate of drug-likeness (QED) is 0.774. The summed E-state index contributed by atoms with van der Waals surface area (Å²) in [4.78, 5) is 17.1. The van der Waals surface area contributed by atoms with Gasteiger partial charge in [-0.1, -0.05) is 11.6 Å². The molecule has 24 heavy (non-hydrogen) atoms. The summed E-state index contributed by atoms with van der Waals surface area (Å²) in [5.41, 5.74) is 3.15. The first-order valence-electron chi connectivity index (χ1n) is 7.28. The van der Waals surface area contributed by atoms with Crippen molar-refractivity contribution in [3.05, 3.63) is 63.0 Å². The van der Waals surface area contributed by atoms with Crippen molar-refractivity contribution in [1.29, 1.82) is 0 Å². The van der Waals surface area contributed by atoms with E-state index in [1.54, 1.807) is 30.3 Å². The number of phenolic OH excluding ortho intramolecular Hbond substituents is 1. The van der Waals surface area contributed by atoms with Crippen LogP contribution in [0.2, 0.25) is 5.02 Å². The molecule has 0 aliphatic carbocycles. The topological polar surface area (TPSA) is 61.7 Å². The molecule has 0 bridgehead atoms. The van der Waals surface area contributed by atoms with Gasteiger partial charge in [0.1, 0.15) is 5.75 Å². The molecular formula is C18H15ClN2O2S. The van der Waals surface area contributed by atoms with Crippen LogP contribution in [0.1, 0.15) is 16.7 Å². The normalized spacial score (nSPS) is 17.5. The van der Waals surface area contributed by atoms with Crippen LogP contribution >= 0.6 is 23.4 Å². The van der Waals surface area contributed by atoms with Crippen molar-refractivity contribution in [3.63, 3.8) is 0 Å². The molecule has 6 heteroatoms. The van der Waals surface area contributed by atoms with Crippen molar-refractivity contribution in [3.8, 4) is 5.75 Å². The molecule has 1 aliphatic rings. The van der Waals surface area contributed by atoms with Crippen LogP contribution in [0, 0.1) is 13.8 Å². The molecule has 3 rings (SSSR count). The maximum Gasteiger partial charge on any atom is 0.264 e. The molecule has 0 spiro atoms. The Balaban J connectivity index is 1.86. The molecule has 0 atom stereocenters. The third kappa shape index (κ3) is 3.63. The predicted octanol–water partition coefficient (Wildman–Crippen LogP) is 4.55. The summed E-state index contributed by atoms with van der Waals surface area (Å²) in [5.74, 6) is 0.0989. The number of carbonyl (C=O) groups excluding carboxylic acids is 1. The fourth-order valence-corrected chi connectivity index (χ4v) is 3.31. The van der Waals surface area contributed by atoms with E-state index in [0.717, 1.165) is 22.4 Å². The molecule has 2 aromatic rings. The number of amides is 1. The number of aliphatic imine (C=N–C) groups is 1. The highest BCUT2D eigenvalue weighted by Crippen LogP contribution is 2.30. The second-order valence-electron chi connectivity index (χ2n) is 5.46. The summed E-state index contributed by atoms with van der Waals surface area (Å²) >= 11 is 7.13. The summed E-state index contributed by atoms with van der Waals surface area (Å²) in [6.07, 6.45) is 1.80. The molecule has 0 radical (unpaired) electrons. The van der Waals surface area contributed by atoms with Gasteiger partial charge in [0, 0.05) is 5.02 Å². The van der Waals surface area contributed by atoms with Crippen molar-refractivity contribution in [2.45, 2.75) is 13.8 Å². The van der Waals surface area contributed by atoms with Crippen molar-refractivity contribution in [1.82, 2.24) is 5.32 Å². The summed E-state index contributed by atoms with van der Waals surface area (Å²) in [7, 11) is 0. The Hall–Kier alpha value is -2.24. The van der Waals surface area contributed by atoms with E-state index in [1.165, 1.54) is 11.8 Å². The Bertz CT molecular complexity index is 850. The fourth-order valence-electron chi connectivity index (χ4n) is 2.34. The van der Waals surface area contributed by atoms with Gasteiger partial charge in [-0.05, 0) is 84.8 Å². The maximum absolute atomic E-state index is 12.1. The zero-order chi connectivity index (χ0) is 17.3. The van der Waals surface area contributed by atoms with Crippen molar-refractivity contribution in [2.24, 2.45) is 4.99 Å². The lowest BCUT2D eigenvalue weighted by molar-refractivity contribution is -0.115. The van der Waals surface area contributed by atoms with E-state index in [4.69, 9.17) is 11.6 Å². The minimum absolute atomic E-state index is 0.184. The molecule has 0 saturated carbocycles. The van der Waals surface area contributed by atoms with Gasteiger partial charge in [0.2, 0.25) is 0 Å².